The molecule has 6 nitrogen and oxygen atoms in total. The molecule has 1 aliphatic heterocycles. The minimum Gasteiger partial charge on any atom is -0.353 e. The van der Waals surface area contributed by atoms with Crippen molar-refractivity contribution in [3.8, 4) is 0 Å². The molecule has 0 spiro atoms. The third kappa shape index (κ3) is 3.30. The van der Waals surface area contributed by atoms with Crippen molar-refractivity contribution < 1.29 is 4.79 Å². The molecule has 1 aliphatic rings. The number of thiophene rings is 1. The highest BCUT2D eigenvalue weighted by Gasteiger charge is 2.12. The van der Waals surface area contributed by atoms with E-state index in [4.69, 9.17) is 0 Å². The summed E-state index contributed by atoms with van der Waals surface area (Å²) in [4.78, 5) is 26.4. The maximum absolute atomic E-state index is 12.1. The van der Waals surface area contributed by atoms with Gasteiger partial charge in [0, 0.05) is 18.5 Å². The summed E-state index contributed by atoms with van der Waals surface area (Å²) < 4.78 is 1.87. The highest BCUT2D eigenvalue weighted by atomic mass is 32.1. The molecule has 1 saturated heterocycles. The second-order valence-electron chi connectivity index (χ2n) is 5.21. The number of rotatable bonds is 5. The summed E-state index contributed by atoms with van der Waals surface area (Å²) in [6, 6.07) is 1.86. The predicted octanol–water partition coefficient (Wildman–Crippen LogP) is 0.670. The Morgan fingerprint density at radius 1 is 1.38 bits per heavy atom. The Morgan fingerprint density at radius 2 is 2.19 bits per heavy atom. The van der Waals surface area contributed by atoms with E-state index < -0.39 is 0 Å². The predicted molar refractivity (Wildman–Crippen MR) is 82.6 cm³/mol. The number of hydrogen-bond acceptors (Lipinski definition) is 5. The highest BCUT2D eigenvalue weighted by Crippen LogP contribution is 2.14. The zero-order valence-electron chi connectivity index (χ0n) is 11.7. The van der Waals surface area contributed by atoms with Crippen LogP contribution < -0.4 is 10.9 Å². The molecule has 1 amide bonds. The summed E-state index contributed by atoms with van der Waals surface area (Å²) >= 11 is 1.38. The van der Waals surface area contributed by atoms with Crippen molar-refractivity contribution >= 4 is 27.3 Å². The van der Waals surface area contributed by atoms with Crippen LogP contribution in [-0.4, -0.2) is 46.8 Å². The van der Waals surface area contributed by atoms with Crippen molar-refractivity contribution in [2.45, 2.75) is 19.4 Å². The standard InChI is InChI=1S/C14H18N4O2S/c19-12(15-4-7-17-5-1-2-6-17)10-18-14(20)13-11(9-16-18)3-8-21-13/h3,8-9H,1-2,4-7,10H2,(H,15,19). The molecule has 3 heterocycles. The van der Waals surface area contributed by atoms with Crippen molar-refractivity contribution in [2.24, 2.45) is 0 Å². The number of fused-ring (bicyclic) bond motifs is 1. The van der Waals surface area contributed by atoms with E-state index in [9.17, 15) is 9.59 Å². The summed E-state index contributed by atoms with van der Waals surface area (Å²) in [6.07, 6.45) is 4.12. The number of likely N-dealkylation sites (tertiary alicyclic amines) is 1. The van der Waals surface area contributed by atoms with E-state index in [-0.39, 0.29) is 18.0 Å². The fourth-order valence-electron chi connectivity index (χ4n) is 2.56. The first-order valence-corrected chi connectivity index (χ1v) is 8.04. The molecule has 7 heteroatoms. The zero-order valence-corrected chi connectivity index (χ0v) is 12.6. The van der Waals surface area contributed by atoms with Gasteiger partial charge < -0.3 is 10.2 Å². The Morgan fingerprint density at radius 3 is 3.00 bits per heavy atom. The minimum atomic E-state index is -0.197. The van der Waals surface area contributed by atoms with E-state index in [1.807, 2.05) is 11.4 Å². The van der Waals surface area contributed by atoms with Gasteiger partial charge in [-0.15, -0.1) is 11.3 Å². The Bertz CT molecular complexity index is 688. The normalized spacial score (nSPS) is 15.6. The summed E-state index contributed by atoms with van der Waals surface area (Å²) in [5, 5.41) is 9.58. The van der Waals surface area contributed by atoms with Crippen molar-refractivity contribution in [3.05, 3.63) is 28.0 Å². The average molecular weight is 306 g/mol. The van der Waals surface area contributed by atoms with E-state index >= 15 is 0 Å². The fraction of sp³-hybridized carbons (Fsp3) is 0.500. The van der Waals surface area contributed by atoms with Crippen LogP contribution in [0.2, 0.25) is 0 Å². The maximum Gasteiger partial charge on any atom is 0.285 e. The van der Waals surface area contributed by atoms with E-state index in [0.717, 1.165) is 25.0 Å². The SMILES string of the molecule is O=C(Cn1ncc2ccsc2c1=O)NCCN1CCCC1. The number of hydrogen-bond donors (Lipinski definition) is 1. The fourth-order valence-corrected chi connectivity index (χ4v) is 3.37. The quantitative estimate of drug-likeness (QED) is 0.882. The first-order valence-electron chi connectivity index (χ1n) is 7.16. The highest BCUT2D eigenvalue weighted by molar-refractivity contribution is 7.17. The molecule has 1 fully saturated rings. The number of nitrogens with one attached hydrogen (secondary N) is 1. The third-order valence-electron chi connectivity index (χ3n) is 3.70. The first kappa shape index (κ1) is 14.2. The Hall–Kier alpha value is -1.73. The lowest BCUT2D eigenvalue weighted by Gasteiger charge is -2.14. The Kier molecular flexibility index (Phi) is 4.31. The number of amides is 1. The van der Waals surface area contributed by atoms with Gasteiger partial charge in [-0.3, -0.25) is 9.59 Å². The molecular weight excluding hydrogens is 288 g/mol. The monoisotopic (exact) mass is 306 g/mol. The van der Waals surface area contributed by atoms with E-state index in [0.29, 0.717) is 11.2 Å². The van der Waals surface area contributed by atoms with Crippen molar-refractivity contribution in [3.63, 3.8) is 0 Å². The Labute approximate surface area is 126 Å². The van der Waals surface area contributed by atoms with Crippen LogP contribution in [0.4, 0.5) is 0 Å². The molecule has 3 rings (SSSR count). The van der Waals surface area contributed by atoms with Crippen LogP contribution in [0.3, 0.4) is 0 Å². The van der Waals surface area contributed by atoms with Crippen LogP contribution in [0.15, 0.2) is 22.4 Å². The van der Waals surface area contributed by atoms with E-state index in [1.165, 1.54) is 28.9 Å². The van der Waals surface area contributed by atoms with Gasteiger partial charge in [0.1, 0.15) is 11.2 Å². The van der Waals surface area contributed by atoms with Gasteiger partial charge in [0.25, 0.3) is 5.56 Å². The zero-order chi connectivity index (χ0) is 14.7. The van der Waals surface area contributed by atoms with E-state index in [1.54, 1.807) is 6.20 Å². The molecule has 0 aromatic carbocycles. The molecule has 112 valence electrons. The van der Waals surface area contributed by atoms with Crippen LogP contribution in [0, 0.1) is 0 Å². The van der Waals surface area contributed by atoms with Crippen molar-refractivity contribution in [1.29, 1.82) is 0 Å². The number of nitrogens with zero attached hydrogens (tertiary/aromatic N) is 3. The number of carbonyl (C=O) groups excluding carboxylic acids is 1. The summed E-state index contributed by atoms with van der Waals surface area (Å²) in [6.45, 7) is 3.71. The van der Waals surface area contributed by atoms with Crippen LogP contribution in [0.1, 0.15) is 12.8 Å². The molecule has 1 N–H and O–H groups in total. The van der Waals surface area contributed by atoms with E-state index in [2.05, 4.69) is 15.3 Å². The van der Waals surface area contributed by atoms with Gasteiger partial charge in [0.05, 0.1) is 6.20 Å². The molecule has 21 heavy (non-hydrogen) atoms. The molecule has 2 aromatic heterocycles. The molecule has 0 atom stereocenters. The minimum absolute atomic E-state index is 0.0212. The number of aromatic nitrogens is 2. The number of carbonyl (C=O) groups is 1. The maximum atomic E-state index is 12.1. The Balaban J connectivity index is 1.55. The van der Waals surface area contributed by atoms with Gasteiger partial charge in [0.15, 0.2) is 0 Å². The lowest BCUT2D eigenvalue weighted by molar-refractivity contribution is -0.121. The lowest BCUT2D eigenvalue weighted by atomic mass is 10.4. The summed E-state index contributed by atoms with van der Waals surface area (Å²) in [5.41, 5.74) is -0.197. The van der Waals surface area contributed by atoms with Crippen molar-refractivity contribution in [2.75, 3.05) is 26.2 Å². The third-order valence-corrected chi connectivity index (χ3v) is 4.62. The van der Waals surface area contributed by atoms with Crippen LogP contribution in [-0.2, 0) is 11.3 Å². The second-order valence-corrected chi connectivity index (χ2v) is 6.13. The van der Waals surface area contributed by atoms with Crippen LogP contribution in [0.25, 0.3) is 10.1 Å². The smallest absolute Gasteiger partial charge is 0.285 e. The van der Waals surface area contributed by atoms with Gasteiger partial charge in [-0.2, -0.15) is 5.10 Å². The first-order chi connectivity index (χ1) is 10.2. The van der Waals surface area contributed by atoms with Crippen LogP contribution in [0.5, 0.6) is 0 Å². The summed E-state index contributed by atoms with van der Waals surface area (Å²) in [5.74, 6) is -0.167. The molecule has 0 aliphatic carbocycles. The lowest BCUT2D eigenvalue weighted by Crippen LogP contribution is -2.37. The van der Waals surface area contributed by atoms with Crippen LogP contribution >= 0.6 is 11.3 Å². The van der Waals surface area contributed by atoms with Crippen molar-refractivity contribution in [1.82, 2.24) is 20.0 Å². The van der Waals surface area contributed by atoms with Gasteiger partial charge in [-0.1, -0.05) is 0 Å². The molecule has 0 saturated carbocycles. The average Bonchev–Trinajstić information content (AvgIpc) is 3.13. The summed E-state index contributed by atoms with van der Waals surface area (Å²) in [7, 11) is 0. The largest absolute Gasteiger partial charge is 0.353 e. The van der Waals surface area contributed by atoms with Gasteiger partial charge >= 0.3 is 0 Å². The molecule has 0 radical (unpaired) electrons. The van der Waals surface area contributed by atoms with Gasteiger partial charge in [0.2, 0.25) is 5.91 Å². The second kappa shape index (κ2) is 6.36. The van der Waals surface area contributed by atoms with Gasteiger partial charge in [-0.25, -0.2) is 4.68 Å². The molecule has 0 bridgehead atoms. The van der Waals surface area contributed by atoms with Gasteiger partial charge in [-0.05, 0) is 37.4 Å². The molecule has 2 aromatic rings. The molecular formula is C14H18N4O2S. The molecule has 0 unspecified atom stereocenters. The topological polar surface area (TPSA) is 67.2 Å².